The van der Waals surface area contributed by atoms with E-state index in [0.29, 0.717) is 5.06 Å². The van der Waals surface area contributed by atoms with Crippen LogP contribution in [0.2, 0.25) is 0 Å². The van der Waals surface area contributed by atoms with Crippen molar-refractivity contribution in [2.45, 2.75) is 6.18 Å². The van der Waals surface area contributed by atoms with Crippen LogP contribution in [-0.4, -0.2) is 61.7 Å². The molecule has 0 aromatic heterocycles. The van der Waals surface area contributed by atoms with Gasteiger partial charge in [-0.25, -0.2) is 4.79 Å². The molecule has 0 bridgehead atoms. The van der Waals surface area contributed by atoms with E-state index < -0.39 is 18.1 Å². The van der Waals surface area contributed by atoms with Gasteiger partial charge in [-0.2, -0.15) is 18.2 Å². The van der Waals surface area contributed by atoms with Gasteiger partial charge < -0.3 is 15.5 Å². The van der Waals surface area contributed by atoms with E-state index in [1.54, 1.807) is 14.1 Å². The minimum atomic E-state index is -5.15. The molecule has 2 N–H and O–H groups in total. The fourth-order valence-electron chi connectivity index (χ4n) is 0.840. The zero-order valence-corrected chi connectivity index (χ0v) is 9.45. The first-order chi connectivity index (χ1) is 7.68. The van der Waals surface area contributed by atoms with Crippen molar-refractivity contribution in [1.29, 1.82) is 0 Å². The topological polar surface area (TPSA) is 75.9 Å². The second-order valence-corrected chi connectivity index (χ2v) is 3.40. The summed E-state index contributed by atoms with van der Waals surface area (Å²) in [5.41, 5.74) is 5.10. The maximum atomic E-state index is 11.9. The van der Waals surface area contributed by atoms with Gasteiger partial charge in [0.25, 0.3) is 5.91 Å². The smallest absolute Gasteiger partial charge is 0.329 e. The number of hydrogen-bond acceptors (Lipinski definition) is 5. The molecule has 100 valence electrons. The third-order valence-corrected chi connectivity index (χ3v) is 1.49. The van der Waals surface area contributed by atoms with E-state index in [2.05, 4.69) is 4.84 Å². The van der Waals surface area contributed by atoms with E-state index in [4.69, 9.17) is 5.73 Å². The molecule has 0 saturated heterocycles. The molecule has 0 spiro atoms. The molecular weight excluding hydrogens is 243 g/mol. The lowest BCUT2D eigenvalue weighted by Gasteiger charge is -2.22. The summed E-state index contributed by atoms with van der Waals surface area (Å²) in [6.07, 6.45) is -5.15. The normalized spacial score (nSPS) is 11.5. The third kappa shape index (κ3) is 6.07. The Balaban J connectivity index is 4.53. The minimum Gasteiger partial charge on any atom is -0.329 e. The van der Waals surface area contributed by atoms with Gasteiger partial charge in [0, 0.05) is 6.54 Å². The van der Waals surface area contributed by atoms with Crippen LogP contribution in [0, 0.1) is 0 Å². The number of halogens is 3. The Morgan fingerprint density at radius 3 is 2.18 bits per heavy atom. The van der Waals surface area contributed by atoms with Gasteiger partial charge in [0.05, 0.1) is 13.1 Å². The highest BCUT2D eigenvalue weighted by Gasteiger charge is 2.43. The first kappa shape index (κ1) is 15.7. The van der Waals surface area contributed by atoms with Crippen LogP contribution in [0.3, 0.4) is 0 Å². The van der Waals surface area contributed by atoms with Gasteiger partial charge >= 0.3 is 12.1 Å². The minimum absolute atomic E-state index is 0.121. The summed E-state index contributed by atoms with van der Waals surface area (Å²) in [4.78, 5) is 27.3. The number of alkyl halides is 3. The molecule has 0 radical (unpaired) electrons. The van der Waals surface area contributed by atoms with E-state index in [1.165, 1.54) is 4.90 Å². The Morgan fingerprint density at radius 2 is 1.82 bits per heavy atom. The van der Waals surface area contributed by atoms with Crippen molar-refractivity contribution in [3.8, 4) is 0 Å². The fourth-order valence-corrected chi connectivity index (χ4v) is 0.840. The molecule has 0 aromatic carbocycles. The van der Waals surface area contributed by atoms with Gasteiger partial charge in [-0.1, -0.05) is 0 Å². The van der Waals surface area contributed by atoms with Crippen molar-refractivity contribution in [2.24, 2.45) is 5.73 Å². The molecule has 9 heteroatoms. The standard InChI is InChI=1S/C8H14F3N3O3/c1-13(2)5-6(15)14(4-3-12)17-7(16)8(9,10)11/h3-5,12H2,1-2H3. The van der Waals surface area contributed by atoms with Crippen LogP contribution in [0.1, 0.15) is 0 Å². The predicted octanol–water partition coefficient (Wildman–Crippen LogP) is -0.644. The maximum Gasteiger partial charge on any atom is 0.493 e. The Morgan fingerprint density at radius 1 is 1.29 bits per heavy atom. The molecular formula is C8H14F3N3O3. The molecule has 17 heavy (non-hydrogen) atoms. The van der Waals surface area contributed by atoms with Crippen molar-refractivity contribution in [3.05, 3.63) is 0 Å². The van der Waals surface area contributed by atoms with Gasteiger partial charge in [0.1, 0.15) is 0 Å². The second kappa shape index (κ2) is 6.40. The van der Waals surface area contributed by atoms with Crippen LogP contribution < -0.4 is 5.73 Å². The van der Waals surface area contributed by atoms with Crippen LogP contribution in [0.25, 0.3) is 0 Å². The van der Waals surface area contributed by atoms with E-state index >= 15 is 0 Å². The number of hydroxylamine groups is 2. The number of nitrogens with zero attached hydrogens (tertiary/aromatic N) is 2. The molecule has 0 unspecified atom stereocenters. The zero-order valence-electron chi connectivity index (χ0n) is 9.45. The number of likely N-dealkylation sites (N-methyl/N-ethyl adjacent to an activating group) is 1. The van der Waals surface area contributed by atoms with E-state index in [0.717, 1.165) is 0 Å². The van der Waals surface area contributed by atoms with Crippen molar-refractivity contribution in [2.75, 3.05) is 33.7 Å². The average molecular weight is 257 g/mol. The lowest BCUT2D eigenvalue weighted by molar-refractivity contribution is -0.236. The largest absolute Gasteiger partial charge is 0.493 e. The molecule has 0 rings (SSSR count). The average Bonchev–Trinajstić information content (AvgIpc) is 2.14. The number of nitrogens with two attached hydrogens (primary N) is 1. The monoisotopic (exact) mass is 257 g/mol. The summed E-state index contributed by atoms with van der Waals surface area (Å²) < 4.78 is 35.8. The quantitative estimate of drug-likeness (QED) is 0.678. The van der Waals surface area contributed by atoms with Gasteiger partial charge in [0.2, 0.25) is 0 Å². The lowest BCUT2D eigenvalue weighted by atomic mass is 10.5. The first-order valence-corrected chi connectivity index (χ1v) is 4.62. The molecule has 0 aliphatic heterocycles. The Bertz CT molecular complexity index is 281. The van der Waals surface area contributed by atoms with Gasteiger partial charge in [-0.3, -0.25) is 4.79 Å². The molecule has 6 nitrogen and oxygen atoms in total. The van der Waals surface area contributed by atoms with Gasteiger partial charge in [-0.15, -0.1) is 0 Å². The van der Waals surface area contributed by atoms with Crippen molar-refractivity contribution in [1.82, 2.24) is 9.96 Å². The summed E-state index contributed by atoms with van der Waals surface area (Å²) in [7, 11) is 3.09. The SMILES string of the molecule is CN(C)CC(=O)N(CCN)OC(=O)C(F)(F)F. The molecule has 0 aliphatic rings. The van der Waals surface area contributed by atoms with Gasteiger partial charge in [0.15, 0.2) is 0 Å². The number of carbonyl (C=O) groups is 2. The Hall–Kier alpha value is -1.35. The van der Waals surface area contributed by atoms with E-state index in [-0.39, 0.29) is 19.6 Å². The summed E-state index contributed by atoms with van der Waals surface area (Å²) in [6.45, 7) is -0.607. The molecule has 1 amide bonds. The summed E-state index contributed by atoms with van der Waals surface area (Å²) >= 11 is 0. The zero-order chi connectivity index (χ0) is 13.6. The third-order valence-electron chi connectivity index (χ3n) is 1.49. The van der Waals surface area contributed by atoms with Crippen molar-refractivity contribution >= 4 is 11.9 Å². The summed E-state index contributed by atoms with van der Waals surface area (Å²) in [5.74, 6) is -3.23. The van der Waals surface area contributed by atoms with Gasteiger partial charge in [-0.05, 0) is 14.1 Å². The van der Waals surface area contributed by atoms with Crippen molar-refractivity contribution in [3.63, 3.8) is 0 Å². The number of amides is 1. The summed E-state index contributed by atoms with van der Waals surface area (Å²) in [6, 6.07) is 0. The predicted molar refractivity (Wildman–Crippen MR) is 51.5 cm³/mol. The molecule has 0 saturated carbocycles. The Labute approximate surface area is 96.0 Å². The molecule has 0 heterocycles. The number of carbonyl (C=O) groups excluding carboxylic acids is 2. The highest BCUT2D eigenvalue weighted by molar-refractivity contribution is 5.81. The van der Waals surface area contributed by atoms with E-state index in [1.807, 2.05) is 0 Å². The van der Waals surface area contributed by atoms with Crippen LogP contribution in [0.4, 0.5) is 13.2 Å². The molecule has 0 aromatic rings. The second-order valence-electron chi connectivity index (χ2n) is 3.40. The molecule has 0 aliphatic carbocycles. The Kier molecular flexibility index (Phi) is 5.89. The number of rotatable bonds is 4. The summed E-state index contributed by atoms with van der Waals surface area (Å²) in [5, 5.41) is 0.315. The highest BCUT2D eigenvalue weighted by Crippen LogP contribution is 2.17. The molecule has 0 atom stereocenters. The van der Waals surface area contributed by atoms with E-state index in [9.17, 15) is 22.8 Å². The van der Waals surface area contributed by atoms with Crippen LogP contribution >= 0.6 is 0 Å². The highest BCUT2D eigenvalue weighted by atomic mass is 19.4. The van der Waals surface area contributed by atoms with Crippen LogP contribution in [0.5, 0.6) is 0 Å². The lowest BCUT2D eigenvalue weighted by Crippen LogP contribution is -2.44. The number of hydrogen-bond donors (Lipinski definition) is 1. The fraction of sp³-hybridized carbons (Fsp3) is 0.750. The molecule has 0 fully saturated rings. The van der Waals surface area contributed by atoms with Crippen LogP contribution in [0.15, 0.2) is 0 Å². The first-order valence-electron chi connectivity index (χ1n) is 4.62. The maximum absolute atomic E-state index is 11.9. The van der Waals surface area contributed by atoms with Crippen molar-refractivity contribution < 1.29 is 27.6 Å². The van der Waals surface area contributed by atoms with Crippen LogP contribution in [-0.2, 0) is 14.4 Å².